The number of benzene rings is 2. The monoisotopic (exact) mass is 465 g/mol. The molecule has 0 aliphatic carbocycles. The largest absolute Gasteiger partial charge is 0.481 e. The minimum absolute atomic E-state index is 0.224. The molecule has 3 rings (SSSR count). The SMILES string of the molecule is Cc1cccc(OC(C)C(=O)Nc2cc(-n3c(=O)cc(C(F)(F)F)n(C)c3=O)ccc2F)c1. The second-order valence-electron chi connectivity index (χ2n) is 7.27. The van der Waals surface area contributed by atoms with Crippen LogP contribution >= 0.6 is 0 Å². The molecule has 1 atom stereocenters. The topological polar surface area (TPSA) is 82.3 Å². The Labute approximate surface area is 184 Å². The normalized spacial score (nSPS) is 12.3. The number of amides is 1. The molecule has 0 aliphatic heterocycles. The predicted octanol–water partition coefficient (Wildman–Crippen LogP) is 3.41. The number of alkyl halides is 3. The summed E-state index contributed by atoms with van der Waals surface area (Å²) >= 11 is 0. The third-order valence-corrected chi connectivity index (χ3v) is 4.75. The molecular formula is C22H19F4N3O4. The first kappa shape index (κ1) is 23.8. The maximum atomic E-state index is 14.3. The van der Waals surface area contributed by atoms with Gasteiger partial charge >= 0.3 is 11.9 Å². The van der Waals surface area contributed by atoms with Crippen LogP contribution in [0.2, 0.25) is 0 Å². The van der Waals surface area contributed by atoms with E-state index in [0.29, 0.717) is 10.3 Å². The standard InChI is InChI=1S/C22H19F4N3O4/c1-12-5-4-6-15(9-12)33-13(2)20(31)27-17-10-14(7-8-16(17)23)29-19(30)11-18(22(24,25)26)28(3)21(29)32/h4-11,13H,1-3H3,(H,27,31). The average molecular weight is 465 g/mol. The second kappa shape index (κ2) is 8.93. The summed E-state index contributed by atoms with van der Waals surface area (Å²) in [6.45, 7) is 3.28. The van der Waals surface area contributed by atoms with Crippen molar-refractivity contribution in [2.75, 3.05) is 5.32 Å². The Balaban J connectivity index is 1.92. The van der Waals surface area contributed by atoms with Gasteiger partial charge in [0, 0.05) is 13.1 Å². The van der Waals surface area contributed by atoms with Gasteiger partial charge in [0.25, 0.3) is 11.5 Å². The number of aromatic nitrogens is 2. The van der Waals surface area contributed by atoms with Gasteiger partial charge in [0.2, 0.25) is 0 Å². The summed E-state index contributed by atoms with van der Waals surface area (Å²) in [6.07, 6.45) is -5.95. The number of ether oxygens (including phenoxy) is 1. The molecule has 2 aromatic carbocycles. The molecule has 174 valence electrons. The fraction of sp³-hybridized carbons (Fsp3) is 0.227. The van der Waals surface area contributed by atoms with Gasteiger partial charge in [0.15, 0.2) is 6.10 Å². The van der Waals surface area contributed by atoms with Crippen LogP contribution < -0.4 is 21.3 Å². The van der Waals surface area contributed by atoms with E-state index < -0.39 is 40.9 Å². The third kappa shape index (κ3) is 5.13. The number of halogens is 4. The Bertz CT molecular complexity index is 1330. The molecule has 3 aromatic rings. The highest BCUT2D eigenvalue weighted by Crippen LogP contribution is 2.27. The van der Waals surface area contributed by atoms with E-state index in [9.17, 15) is 31.9 Å². The number of carbonyl (C=O) groups is 1. The van der Waals surface area contributed by atoms with E-state index in [1.165, 1.54) is 6.92 Å². The van der Waals surface area contributed by atoms with Crippen LogP contribution in [0.5, 0.6) is 5.75 Å². The fourth-order valence-electron chi connectivity index (χ4n) is 3.06. The zero-order valence-corrected chi connectivity index (χ0v) is 17.7. The van der Waals surface area contributed by atoms with Crippen LogP contribution in [0.15, 0.2) is 58.1 Å². The number of hydrogen-bond acceptors (Lipinski definition) is 4. The van der Waals surface area contributed by atoms with Crippen LogP contribution in [0.25, 0.3) is 5.69 Å². The maximum absolute atomic E-state index is 14.3. The van der Waals surface area contributed by atoms with Crippen LogP contribution in [0.1, 0.15) is 18.2 Å². The minimum Gasteiger partial charge on any atom is -0.481 e. The molecule has 0 radical (unpaired) electrons. The molecule has 0 aliphatic rings. The Morgan fingerprint density at radius 1 is 1.09 bits per heavy atom. The second-order valence-corrected chi connectivity index (χ2v) is 7.27. The van der Waals surface area contributed by atoms with Crippen molar-refractivity contribution < 1.29 is 27.1 Å². The zero-order chi connectivity index (χ0) is 24.5. The van der Waals surface area contributed by atoms with Gasteiger partial charge in [0.05, 0.1) is 11.4 Å². The highest BCUT2D eigenvalue weighted by Gasteiger charge is 2.35. The Hall–Kier alpha value is -3.89. The third-order valence-electron chi connectivity index (χ3n) is 4.75. The predicted molar refractivity (Wildman–Crippen MR) is 112 cm³/mol. The Morgan fingerprint density at radius 2 is 1.79 bits per heavy atom. The van der Waals surface area contributed by atoms with Crippen molar-refractivity contribution >= 4 is 11.6 Å². The van der Waals surface area contributed by atoms with Crippen molar-refractivity contribution in [1.29, 1.82) is 0 Å². The molecule has 0 bridgehead atoms. The summed E-state index contributed by atoms with van der Waals surface area (Å²) in [4.78, 5) is 37.2. The van der Waals surface area contributed by atoms with E-state index in [4.69, 9.17) is 4.74 Å². The molecule has 1 N–H and O–H groups in total. The summed E-state index contributed by atoms with van der Waals surface area (Å²) in [5, 5.41) is 2.30. The molecule has 0 fully saturated rings. The van der Waals surface area contributed by atoms with E-state index >= 15 is 0 Å². The number of carbonyl (C=O) groups excluding carboxylic acids is 1. The average Bonchev–Trinajstić information content (AvgIpc) is 2.72. The summed E-state index contributed by atoms with van der Waals surface area (Å²) in [7, 11) is 0.859. The highest BCUT2D eigenvalue weighted by molar-refractivity contribution is 5.94. The Kier molecular flexibility index (Phi) is 6.43. The molecule has 33 heavy (non-hydrogen) atoms. The van der Waals surface area contributed by atoms with Crippen molar-refractivity contribution in [2.45, 2.75) is 26.1 Å². The maximum Gasteiger partial charge on any atom is 0.431 e. The zero-order valence-electron chi connectivity index (χ0n) is 17.7. The molecule has 1 heterocycles. The van der Waals surface area contributed by atoms with Crippen LogP contribution in [0.4, 0.5) is 23.2 Å². The van der Waals surface area contributed by atoms with E-state index in [0.717, 1.165) is 30.8 Å². The first-order valence-electron chi connectivity index (χ1n) is 9.63. The number of nitrogens with zero attached hydrogens (tertiary/aromatic N) is 2. The lowest BCUT2D eigenvalue weighted by atomic mass is 10.2. The number of hydrogen-bond donors (Lipinski definition) is 1. The smallest absolute Gasteiger partial charge is 0.431 e. The summed E-state index contributed by atoms with van der Waals surface area (Å²) < 4.78 is 59.7. The van der Waals surface area contributed by atoms with Crippen LogP contribution in [0.3, 0.4) is 0 Å². The number of aryl methyl sites for hydroxylation is 1. The van der Waals surface area contributed by atoms with Gasteiger partial charge in [-0.1, -0.05) is 12.1 Å². The van der Waals surface area contributed by atoms with E-state index in [-0.39, 0.29) is 22.0 Å². The van der Waals surface area contributed by atoms with E-state index in [2.05, 4.69) is 5.32 Å². The van der Waals surface area contributed by atoms with Gasteiger partial charge in [-0.05, 0) is 49.7 Å². The molecule has 7 nitrogen and oxygen atoms in total. The van der Waals surface area contributed by atoms with Gasteiger partial charge < -0.3 is 10.1 Å². The van der Waals surface area contributed by atoms with Gasteiger partial charge in [-0.15, -0.1) is 0 Å². The number of nitrogens with one attached hydrogen (secondary N) is 1. The van der Waals surface area contributed by atoms with Gasteiger partial charge in [-0.3, -0.25) is 14.2 Å². The summed E-state index contributed by atoms with van der Waals surface area (Å²) in [5.41, 5.74) is -3.67. The number of anilines is 1. The van der Waals surface area contributed by atoms with Crippen LogP contribution in [-0.2, 0) is 18.0 Å². The highest BCUT2D eigenvalue weighted by atomic mass is 19.4. The lowest BCUT2D eigenvalue weighted by Crippen LogP contribution is -2.40. The van der Waals surface area contributed by atoms with Gasteiger partial charge in [-0.2, -0.15) is 13.2 Å². The molecule has 0 saturated carbocycles. The lowest BCUT2D eigenvalue weighted by molar-refractivity contribution is -0.144. The molecule has 11 heteroatoms. The van der Waals surface area contributed by atoms with E-state index in [1.54, 1.807) is 18.2 Å². The molecule has 1 aromatic heterocycles. The molecule has 0 saturated heterocycles. The van der Waals surface area contributed by atoms with Crippen molar-refractivity contribution in [3.8, 4) is 11.4 Å². The van der Waals surface area contributed by atoms with Gasteiger partial charge in [0.1, 0.15) is 17.3 Å². The van der Waals surface area contributed by atoms with Crippen LogP contribution in [-0.4, -0.2) is 21.1 Å². The van der Waals surface area contributed by atoms with Gasteiger partial charge in [-0.25, -0.2) is 13.8 Å². The first-order valence-corrected chi connectivity index (χ1v) is 9.63. The molecule has 0 spiro atoms. The van der Waals surface area contributed by atoms with Crippen LogP contribution in [0, 0.1) is 12.7 Å². The number of rotatable bonds is 5. The van der Waals surface area contributed by atoms with E-state index in [1.807, 2.05) is 13.0 Å². The fourth-order valence-corrected chi connectivity index (χ4v) is 3.06. The minimum atomic E-state index is -4.92. The van der Waals surface area contributed by atoms with Crippen molar-refractivity contribution in [3.05, 3.63) is 86.4 Å². The first-order chi connectivity index (χ1) is 15.4. The van der Waals surface area contributed by atoms with Crippen molar-refractivity contribution in [3.63, 3.8) is 0 Å². The Morgan fingerprint density at radius 3 is 2.42 bits per heavy atom. The molecular weight excluding hydrogens is 446 g/mol. The quantitative estimate of drug-likeness (QED) is 0.586. The molecule has 1 amide bonds. The summed E-state index contributed by atoms with van der Waals surface area (Å²) in [6, 6.07) is 10.1. The van der Waals surface area contributed by atoms with Crippen molar-refractivity contribution in [2.24, 2.45) is 7.05 Å². The molecule has 1 unspecified atom stereocenters. The van der Waals surface area contributed by atoms with Crippen molar-refractivity contribution in [1.82, 2.24) is 9.13 Å². The summed E-state index contributed by atoms with van der Waals surface area (Å²) in [5.74, 6) is -1.18. The lowest BCUT2D eigenvalue weighted by Gasteiger charge is -2.17.